The largest absolute Gasteiger partial charge is 0.497 e. The van der Waals surface area contributed by atoms with E-state index in [1.807, 2.05) is 78.6 Å². The van der Waals surface area contributed by atoms with Crippen molar-refractivity contribution in [3.63, 3.8) is 0 Å². The minimum Gasteiger partial charge on any atom is -0.497 e. The fraction of sp³-hybridized carbons (Fsp3) is 0.286. The van der Waals surface area contributed by atoms with Gasteiger partial charge in [0.25, 0.3) is 0 Å². The quantitative estimate of drug-likeness (QED) is 0.342. The van der Waals surface area contributed by atoms with Crippen LogP contribution in [0.3, 0.4) is 0 Å². The van der Waals surface area contributed by atoms with Gasteiger partial charge in [-0.1, -0.05) is 24.3 Å². The second-order valence-electron chi connectivity index (χ2n) is 8.44. The predicted octanol–water partition coefficient (Wildman–Crippen LogP) is 5.04. The number of imidazole rings is 1. The molecule has 7 heteroatoms. The van der Waals surface area contributed by atoms with Crippen LogP contribution < -0.4 is 19.1 Å². The van der Waals surface area contributed by atoms with Gasteiger partial charge in [-0.25, -0.2) is 4.98 Å². The average molecular weight is 472 g/mol. The molecule has 0 bridgehead atoms. The Morgan fingerprint density at radius 1 is 0.943 bits per heavy atom. The number of fused-ring (bicyclic) bond motifs is 1. The van der Waals surface area contributed by atoms with Gasteiger partial charge < -0.3 is 23.7 Å². The van der Waals surface area contributed by atoms with Crippen LogP contribution in [0.5, 0.6) is 17.2 Å². The van der Waals surface area contributed by atoms with Crippen LogP contribution in [-0.2, 0) is 11.3 Å². The number of nitrogens with zero attached hydrogens (tertiary/aromatic N) is 3. The molecule has 0 aliphatic carbocycles. The molecule has 1 fully saturated rings. The van der Waals surface area contributed by atoms with Crippen LogP contribution in [0.25, 0.3) is 11.0 Å². The Balaban J connectivity index is 1.38. The molecule has 2 heterocycles. The monoisotopic (exact) mass is 471 g/mol. The third-order valence-corrected chi connectivity index (χ3v) is 6.27. The number of benzene rings is 3. The van der Waals surface area contributed by atoms with E-state index in [0.717, 1.165) is 39.8 Å². The molecular weight excluding hydrogens is 442 g/mol. The van der Waals surface area contributed by atoms with Gasteiger partial charge in [0, 0.05) is 18.9 Å². The van der Waals surface area contributed by atoms with Crippen molar-refractivity contribution in [1.82, 2.24) is 9.55 Å². The highest BCUT2D eigenvalue weighted by Gasteiger charge is 2.36. The molecule has 3 aromatic carbocycles. The van der Waals surface area contributed by atoms with E-state index in [2.05, 4.69) is 10.6 Å². The molecule has 0 radical (unpaired) electrons. The smallest absolute Gasteiger partial charge is 0.227 e. The van der Waals surface area contributed by atoms with Gasteiger partial charge in [0.05, 0.1) is 37.0 Å². The summed E-state index contributed by atoms with van der Waals surface area (Å²) in [6, 6.07) is 23.3. The van der Waals surface area contributed by atoms with Gasteiger partial charge in [-0.3, -0.25) is 4.79 Å². The van der Waals surface area contributed by atoms with Crippen molar-refractivity contribution in [1.29, 1.82) is 0 Å². The number of methoxy groups -OCH3 is 1. The second kappa shape index (κ2) is 10.1. The van der Waals surface area contributed by atoms with Gasteiger partial charge in [0.2, 0.25) is 5.91 Å². The van der Waals surface area contributed by atoms with Crippen molar-refractivity contribution in [3.8, 4) is 17.2 Å². The van der Waals surface area contributed by atoms with Gasteiger partial charge in [0.1, 0.15) is 29.7 Å². The Morgan fingerprint density at radius 2 is 1.69 bits per heavy atom. The van der Waals surface area contributed by atoms with E-state index >= 15 is 0 Å². The van der Waals surface area contributed by atoms with Crippen molar-refractivity contribution in [2.75, 3.05) is 31.8 Å². The van der Waals surface area contributed by atoms with Crippen LogP contribution in [0, 0.1) is 0 Å². The van der Waals surface area contributed by atoms with Crippen LogP contribution in [-0.4, -0.2) is 42.3 Å². The van der Waals surface area contributed by atoms with E-state index < -0.39 is 0 Å². The summed E-state index contributed by atoms with van der Waals surface area (Å²) in [7, 11) is 1.64. The highest BCUT2D eigenvalue weighted by atomic mass is 16.5. The zero-order valence-corrected chi connectivity index (χ0v) is 20.0. The summed E-state index contributed by atoms with van der Waals surface area (Å²) >= 11 is 0. The highest BCUT2D eigenvalue weighted by molar-refractivity contribution is 5.97. The van der Waals surface area contributed by atoms with Crippen molar-refractivity contribution in [2.24, 2.45) is 0 Å². The standard InChI is InChI=1S/C28H29N3O4/c1-3-34-26-11-7-6-10-25(26)31-19-20(18-27(31)32)28-29-23-8-4-5-9-24(23)30(28)16-17-35-22-14-12-21(33-2)13-15-22/h4-15,20H,3,16-19H2,1-2H3/t20-/m1/s1. The van der Waals surface area contributed by atoms with E-state index in [0.29, 0.717) is 32.7 Å². The molecule has 5 rings (SSSR count). The minimum atomic E-state index is -0.0226. The van der Waals surface area contributed by atoms with Crippen LogP contribution in [0.4, 0.5) is 5.69 Å². The lowest BCUT2D eigenvalue weighted by molar-refractivity contribution is -0.117. The van der Waals surface area contributed by atoms with Gasteiger partial charge in [0.15, 0.2) is 0 Å². The fourth-order valence-corrected chi connectivity index (χ4v) is 4.64. The SMILES string of the molecule is CCOc1ccccc1N1C[C@H](c2nc3ccccc3n2CCOc2ccc(OC)cc2)CC1=O. The summed E-state index contributed by atoms with van der Waals surface area (Å²) < 4.78 is 19.2. The second-order valence-corrected chi connectivity index (χ2v) is 8.44. The van der Waals surface area contributed by atoms with Crippen LogP contribution >= 0.6 is 0 Å². The van der Waals surface area contributed by atoms with E-state index in [1.54, 1.807) is 7.11 Å². The first kappa shape index (κ1) is 22.8. The van der Waals surface area contributed by atoms with Gasteiger partial charge in [-0.2, -0.15) is 0 Å². The number of carbonyl (C=O) groups is 1. The number of ether oxygens (including phenoxy) is 3. The van der Waals surface area contributed by atoms with Crippen molar-refractivity contribution < 1.29 is 19.0 Å². The molecule has 35 heavy (non-hydrogen) atoms. The Hall–Kier alpha value is -4.00. The number of anilines is 1. The van der Waals surface area contributed by atoms with Crippen LogP contribution in [0.1, 0.15) is 25.1 Å². The highest BCUT2D eigenvalue weighted by Crippen LogP contribution is 2.37. The first-order valence-electron chi connectivity index (χ1n) is 11.9. The normalized spacial score (nSPS) is 15.5. The molecule has 1 atom stereocenters. The molecule has 1 amide bonds. The number of carbonyl (C=O) groups excluding carboxylic acids is 1. The number of aromatic nitrogens is 2. The number of para-hydroxylation sites is 4. The first-order valence-corrected chi connectivity index (χ1v) is 11.9. The maximum absolute atomic E-state index is 13.1. The summed E-state index contributed by atoms with van der Waals surface area (Å²) in [5.74, 6) is 3.27. The molecule has 1 aliphatic heterocycles. The molecule has 1 saturated heterocycles. The Bertz CT molecular complexity index is 1320. The predicted molar refractivity (Wildman–Crippen MR) is 136 cm³/mol. The Kier molecular flexibility index (Phi) is 6.57. The Labute approximate surface area is 204 Å². The Morgan fingerprint density at radius 3 is 2.49 bits per heavy atom. The number of hydrogen-bond donors (Lipinski definition) is 0. The third-order valence-electron chi connectivity index (χ3n) is 6.27. The maximum atomic E-state index is 13.1. The summed E-state index contributed by atoms with van der Waals surface area (Å²) in [5, 5.41) is 0. The molecule has 0 saturated carbocycles. The van der Waals surface area contributed by atoms with Crippen molar-refractivity contribution >= 4 is 22.6 Å². The lowest BCUT2D eigenvalue weighted by Crippen LogP contribution is -2.25. The molecule has 4 aromatic rings. The fourth-order valence-electron chi connectivity index (χ4n) is 4.64. The summed E-state index contributed by atoms with van der Waals surface area (Å²) in [4.78, 5) is 19.9. The maximum Gasteiger partial charge on any atom is 0.227 e. The topological polar surface area (TPSA) is 65.8 Å². The van der Waals surface area contributed by atoms with E-state index in [1.165, 1.54) is 0 Å². The van der Waals surface area contributed by atoms with Crippen LogP contribution in [0.2, 0.25) is 0 Å². The minimum absolute atomic E-state index is 0.0226. The molecule has 1 aliphatic rings. The van der Waals surface area contributed by atoms with Crippen molar-refractivity contribution in [3.05, 3.63) is 78.6 Å². The van der Waals surface area contributed by atoms with Crippen molar-refractivity contribution in [2.45, 2.75) is 25.8 Å². The van der Waals surface area contributed by atoms with E-state index in [9.17, 15) is 4.79 Å². The molecule has 0 spiro atoms. The lowest BCUT2D eigenvalue weighted by atomic mass is 10.1. The number of hydrogen-bond acceptors (Lipinski definition) is 5. The summed E-state index contributed by atoms with van der Waals surface area (Å²) in [6.45, 7) is 4.17. The zero-order chi connectivity index (χ0) is 24.2. The van der Waals surface area contributed by atoms with E-state index in [4.69, 9.17) is 19.2 Å². The van der Waals surface area contributed by atoms with Gasteiger partial charge in [-0.05, 0) is 55.5 Å². The molecule has 180 valence electrons. The number of rotatable bonds is 9. The third kappa shape index (κ3) is 4.67. The van der Waals surface area contributed by atoms with Crippen LogP contribution in [0.15, 0.2) is 72.8 Å². The molecule has 1 aromatic heterocycles. The van der Waals surface area contributed by atoms with Gasteiger partial charge >= 0.3 is 0 Å². The molecule has 7 nitrogen and oxygen atoms in total. The average Bonchev–Trinajstić information content (AvgIpc) is 3.45. The molecular formula is C28H29N3O4. The molecule has 0 unspecified atom stereocenters. The zero-order valence-electron chi connectivity index (χ0n) is 20.0. The molecule has 0 N–H and O–H groups in total. The first-order chi connectivity index (χ1) is 17.2. The summed E-state index contributed by atoms with van der Waals surface area (Å²) in [5.41, 5.74) is 2.78. The lowest BCUT2D eigenvalue weighted by Gasteiger charge is -2.20. The van der Waals surface area contributed by atoms with Gasteiger partial charge in [-0.15, -0.1) is 0 Å². The summed E-state index contributed by atoms with van der Waals surface area (Å²) in [6.07, 6.45) is 0.406. The van der Waals surface area contributed by atoms with E-state index in [-0.39, 0.29) is 11.8 Å². The number of amides is 1.